The lowest BCUT2D eigenvalue weighted by Crippen LogP contribution is -2.42. The highest BCUT2D eigenvalue weighted by atomic mass is 79.9. The summed E-state index contributed by atoms with van der Waals surface area (Å²) in [4.78, 5) is 12.5. The third-order valence-corrected chi connectivity index (χ3v) is 4.36. The molecule has 2 rings (SSSR count). The van der Waals surface area contributed by atoms with Crippen LogP contribution in [0.5, 0.6) is 0 Å². The van der Waals surface area contributed by atoms with Crippen molar-refractivity contribution in [3.05, 3.63) is 32.5 Å². The number of nitrogens with two attached hydrogens (primary N) is 1. The van der Waals surface area contributed by atoms with Crippen molar-refractivity contribution in [2.24, 2.45) is 11.7 Å². The molecule has 0 spiro atoms. The fourth-order valence-electron chi connectivity index (χ4n) is 2.58. The molecular weight excluding hydrogens is 329 g/mol. The molecule has 1 aliphatic rings. The molecule has 1 aliphatic heterocycles. The first-order valence-electron chi connectivity index (χ1n) is 6.54. The van der Waals surface area contributed by atoms with Gasteiger partial charge in [0.2, 0.25) is 0 Å². The van der Waals surface area contributed by atoms with Crippen LogP contribution in [0.4, 0.5) is 15.8 Å². The number of halogens is 2. The zero-order chi connectivity index (χ0) is 14.9. The Bertz CT molecular complexity index is 525. The Hall–Kier alpha value is -1.21. The van der Waals surface area contributed by atoms with E-state index in [2.05, 4.69) is 15.9 Å². The van der Waals surface area contributed by atoms with Crippen LogP contribution >= 0.6 is 15.9 Å². The van der Waals surface area contributed by atoms with Crippen LogP contribution in [-0.2, 0) is 0 Å². The molecular formula is C13H17BrFN3O2. The molecule has 1 fully saturated rings. The van der Waals surface area contributed by atoms with Gasteiger partial charge in [-0.15, -0.1) is 0 Å². The number of nitro groups is 1. The predicted molar refractivity (Wildman–Crippen MR) is 79.3 cm³/mol. The molecule has 0 aliphatic carbocycles. The minimum absolute atomic E-state index is 0.0424. The van der Waals surface area contributed by atoms with Crippen LogP contribution in [-0.4, -0.2) is 24.1 Å². The van der Waals surface area contributed by atoms with E-state index in [-0.39, 0.29) is 16.2 Å². The van der Waals surface area contributed by atoms with Crippen molar-refractivity contribution in [3.8, 4) is 0 Å². The van der Waals surface area contributed by atoms with Crippen LogP contribution in [0, 0.1) is 21.8 Å². The zero-order valence-electron chi connectivity index (χ0n) is 11.2. The van der Waals surface area contributed by atoms with E-state index in [0.717, 1.165) is 25.5 Å². The summed E-state index contributed by atoms with van der Waals surface area (Å²) in [6, 6.07) is 2.49. The molecule has 1 aromatic rings. The standard InChI is InChI=1S/C13H17BrFN3O2/c1-8(16)9-3-2-4-17(7-9)12-5-10(14)11(15)6-13(12)18(19)20/h5-6,8-9H,2-4,7,16H2,1H3. The number of hydrogen-bond acceptors (Lipinski definition) is 4. The Morgan fingerprint density at radius 1 is 1.60 bits per heavy atom. The van der Waals surface area contributed by atoms with Crippen LogP contribution in [0.1, 0.15) is 19.8 Å². The van der Waals surface area contributed by atoms with E-state index in [4.69, 9.17) is 5.73 Å². The zero-order valence-corrected chi connectivity index (χ0v) is 12.8. The highest BCUT2D eigenvalue weighted by Gasteiger charge is 2.28. The number of hydrogen-bond donors (Lipinski definition) is 1. The molecule has 110 valence electrons. The summed E-state index contributed by atoms with van der Waals surface area (Å²) in [6.45, 7) is 3.34. The Balaban J connectivity index is 2.36. The number of nitrogens with zero attached hydrogens (tertiary/aromatic N) is 2. The molecule has 7 heteroatoms. The van der Waals surface area contributed by atoms with Crippen LogP contribution in [0.15, 0.2) is 16.6 Å². The number of nitro benzene ring substituents is 1. The smallest absolute Gasteiger partial charge is 0.295 e. The fraction of sp³-hybridized carbons (Fsp3) is 0.538. The fourth-order valence-corrected chi connectivity index (χ4v) is 2.91. The van der Waals surface area contributed by atoms with Gasteiger partial charge in [0.05, 0.1) is 15.5 Å². The molecule has 2 atom stereocenters. The van der Waals surface area contributed by atoms with Crippen molar-refractivity contribution >= 4 is 27.3 Å². The summed E-state index contributed by atoms with van der Waals surface area (Å²) >= 11 is 3.09. The van der Waals surface area contributed by atoms with E-state index in [0.29, 0.717) is 18.2 Å². The normalized spacial score (nSPS) is 20.8. The molecule has 5 nitrogen and oxygen atoms in total. The molecule has 0 radical (unpaired) electrons. The second-order valence-electron chi connectivity index (χ2n) is 5.22. The summed E-state index contributed by atoms with van der Waals surface area (Å²) in [5.41, 5.74) is 6.18. The van der Waals surface area contributed by atoms with E-state index in [1.54, 1.807) is 0 Å². The second-order valence-corrected chi connectivity index (χ2v) is 6.07. The summed E-state index contributed by atoms with van der Waals surface area (Å²) < 4.78 is 13.7. The maximum absolute atomic E-state index is 13.5. The van der Waals surface area contributed by atoms with Gasteiger partial charge in [-0.3, -0.25) is 10.1 Å². The topological polar surface area (TPSA) is 72.4 Å². The maximum Gasteiger partial charge on any atom is 0.295 e. The van der Waals surface area contributed by atoms with Gasteiger partial charge in [0.25, 0.3) is 5.69 Å². The van der Waals surface area contributed by atoms with Gasteiger partial charge < -0.3 is 10.6 Å². The molecule has 1 saturated heterocycles. The largest absolute Gasteiger partial charge is 0.366 e. The third-order valence-electron chi connectivity index (χ3n) is 3.76. The van der Waals surface area contributed by atoms with Crippen LogP contribution in [0.25, 0.3) is 0 Å². The average Bonchev–Trinajstić information content (AvgIpc) is 2.41. The monoisotopic (exact) mass is 345 g/mol. The van der Waals surface area contributed by atoms with Gasteiger partial charge in [-0.1, -0.05) is 0 Å². The number of piperidine rings is 1. The minimum atomic E-state index is -0.624. The van der Waals surface area contributed by atoms with Crippen molar-refractivity contribution in [1.82, 2.24) is 0 Å². The van der Waals surface area contributed by atoms with Crippen molar-refractivity contribution in [1.29, 1.82) is 0 Å². The van der Waals surface area contributed by atoms with Crippen LogP contribution in [0.2, 0.25) is 0 Å². The lowest BCUT2D eigenvalue weighted by atomic mass is 9.92. The third kappa shape index (κ3) is 3.09. The molecule has 0 bridgehead atoms. The van der Waals surface area contributed by atoms with Crippen molar-refractivity contribution in [2.75, 3.05) is 18.0 Å². The lowest BCUT2D eigenvalue weighted by molar-refractivity contribution is -0.384. The van der Waals surface area contributed by atoms with Gasteiger partial charge in [0, 0.05) is 19.1 Å². The Kier molecular flexibility index (Phi) is 4.59. The highest BCUT2D eigenvalue weighted by molar-refractivity contribution is 9.10. The first kappa shape index (κ1) is 15.2. The molecule has 2 unspecified atom stereocenters. The van der Waals surface area contributed by atoms with Crippen molar-refractivity contribution in [3.63, 3.8) is 0 Å². The van der Waals surface area contributed by atoms with Crippen LogP contribution in [0.3, 0.4) is 0 Å². The number of anilines is 1. The Morgan fingerprint density at radius 3 is 2.90 bits per heavy atom. The molecule has 0 amide bonds. The van der Waals surface area contributed by atoms with Gasteiger partial charge in [0.15, 0.2) is 0 Å². The maximum atomic E-state index is 13.5. The summed E-state index contributed by atoms with van der Waals surface area (Å²) in [5.74, 6) is -0.326. The molecule has 1 aromatic carbocycles. The molecule has 0 aromatic heterocycles. The van der Waals surface area contributed by atoms with Crippen LogP contribution < -0.4 is 10.6 Å². The van der Waals surface area contributed by atoms with E-state index in [9.17, 15) is 14.5 Å². The second kappa shape index (κ2) is 6.05. The average molecular weight is 346 g/mol. The number of benzene rings is 1. The van der Waals surface area contributed by atoms with Crippen molar-refractivity contribution < 1.29 is 9.31 Å². The molecule has 2 N–H and O–H groups in total. The molecule has 1 heterocycles. The van der Waals surface area contributed by atoms with E-state index in [1.165, 1.54) is 6.07 Å². The first-order chi connectivity index (χ1) is 9.40. The van der Waals surface area contributed by atoms with Gasteiger partial charge in [-0.25, -0.2) is 4.39 Å². The van der Waals surface area contributed by atoms with E-state index >= 15 is 0 Å². The summed E-state index contributed by atoms with van der Waals surface area (Å²) in [7, 11) is 0. The number of rotatable bonds is 3. The SMILES string of the molecule is CC(N)C1CCCN(c2cc(Br)c(F)cc2[N+](=O)[O-])C1. The first-order valence-corrected chi connectivity index (χ1v) is 7.33. The van der Waals surface area contributed by atoms with Gasteiger partial charge in [-0.2, -0.15) is 0 Å². The predicted octanol–water partition coefficient (Wildman–Crippen LogP) is 3.06. The summed E-state index contributed by atoms with van der Waals surface area (Å²) in [5, 5.41) is 11.1. The van der Waals surface area contributed by atoms with Gasteiger partial charge in [-0.05, 0) is 47.7 Å². The minimum Gasteiger partial charge on any atom is -0.366 e. The van der Waals surface area contributed by atoms with Gasteiger partial charge in [0.1, 0.15) is 11.5 Å². The van der Waals surface area contributed by atoms with Gasteiger partial charge >= 0.3 is 0 Å². The molecule has 0 saturated carbocycles. The highest BCUT2D eigenvalue weighted by Crippen LogP contribution is 2.35. The van der Waals surface area contributed by atoms with Crippen molar-refractivity contribution in [2.45, 2.75) is 25.8 Å². The Labute approximate surface area is 125 Å². The molecule has 20 heavy (non-hydrogen) atoms. The van der Waals surface area contributed by atoms with E-state index < -0.39 is 10.7 Å². The summed E-state index contributed by atoms with van der Waals surface area (Å²) in [6.07, 6.45) is 1.95. The lowest BCUT2D eigenvalue weighted by Gasteiger charge is -2.35. The quantitative estimate of drug-likeness (QED) is 0.674. The van der Waals surface area contributed by atoms with E-state index in [1.807, 2.05) is 11.8 Å². The Morgan fingerprint density at radius 2 is 2.30 bits per heavy atom.